The van der Waals surface area contributed by atoms with Crippen LogP contribution in [0.25, 0.3) is 11.3 Å². The number of aryl methyl sites for hydroxylation is 1. The first-order valence-electron chi connectivity index (χ1n) is 10.8. The fraction of sp³-hybridized carbons (Fsp3) is 0.333. The molecule has 0 aliphatic rings. The van der Waals surface area contributed by atoms with Crippen molar-refractivity contribution in [2.75, 3.05) is 0 Å². The molecule has 0 bridgehead atoms. The van der Waals surface area contributed by atoms with Crippen LogP contribution in [0.1, 0.15) is 56.0 Å². The SMILES string of the molecule is Cc1cnc(CNC(=O)C[C@H](NC(=O)OC(C)(C)C)c2nc(-c3ccc(C#N)cc3)c(Cl)[nH]2)cn1. The highest BCUT2D eigenvalue weighted by Crippen LogP contribution is 2.28. The minimum atomic E-state index is -0.849. The number of rotatable bonds is 7. The van der Waals surface area contributed by atoms with E-state index < -0.39 is 17.7 Å². The molecule has 0 fully saturated rings. The van der Waals surface area contributed by atoms with E-state index in [1.165, 1.54) is 0 Å². The van der Waals surface area contributed by atoms with Crippen molar-refractivity contribution in [2.45, 2.75) is 52.3 Å². The second kappa shape index (κ2) is 11.0. The number of aromatic amines is 1. The highest BCUT2D eigenvalue weighted by atomic mass is 35.5. The zero-order valence-electron chi connectivity index (χ0n) is 19.8. The summed E-state index contributed by atoms with van der Waals surface area (Å²) in [5.74, 6) is -0.0635. The Labute approximate surface area is 208 Å². The van der Waals surface area contributed by atoms with Gasteiger partial charge in [-0.2, -0.15) is 5.26 Å². The van der Waals surface area contributed by atoms with Gasteiger partial charge >= 0.3 is 6.09 Å². The molecule has 0 saturated heterocycles. The molecular weight excluding hydrogens is 470 g/mol. The number of benzene rings is 1. The maximum atomic E-state index is 12.7. The number of alkyl carbamates (subject to hydrolysis) is 1. The molecule has 2 heterocycles. The number of H-pyrrole nitrogens is 1. The molecule has 0 aliphatic carbocycles. The minimum Gasteiger partial charge on any atom is -0.444 e. The van der Waals surface area contributed by atoms with Crippen molar-refractivity contribution >= 4 is 23.6 Å². The molecule has 2 amide bonds. The quantitative estimate of drug-likeness (QED) is 0.449. The number of halogens is 1. The summed E-state index contributed by atoms with van der Waals surface area (Å²) >= 11 is 6.39. The van der Waals surface area contributed by atoms with Gasteiger partial charge in [-0.1, -0.05) is 23.7 Å². The van der Waals surface area contributed by atoms with Gasteiger partial charge in [-0.15, -0.1) is 0 Å². The summed E-state index contributed by atoms with van der Waals surface area (Å²) in [6.45, 7) is 7.22. The van der Waals surface area contributed by atoms with Crippen LogP contribution in [-0.2, 0) is 16.1 Å². The average Bonchev–Trinajstić information content (AvgIpc) is 3.18. The number of aromatic nitrogens is 4. The monoisotopic (exact) mass is 495 g/mol. The largest absolute Gasteiger partial charge is 0.444 e. The number of hydrogen-bond acceptors (Lipinski definition) is 7. The van der Waals surface area contributed by atoms with Crippen molar-refractivity contribution in [3.8, 4) is 17.3 Å². The van der Waals surface area contributed by atoms with Crippen molar-refractivity contribution in [3.63, 3.8) is 0 Å². The third kappa shape index (κ3) is 7.52. The first-order valence-corrected chi connectivity index (χ1v) is 11.2. The smallest absolute Gasteiger partial charge is 0.408 e. The summed E-state index contributed by atoms with van der Waals surface area (Å²) in [7, 11) is 0. The molecule has 1 atom stereocenters. The van der Waals surface area contributed by atoms with Crippen molar-refractivity contribution < 1.29 is 14.3 Å². The first kappa shape index (κ1) is 25.6. The number of amides is 2. The Morgan fingerprint density at radius 2 is 1.91 bits per heavy atom. The zero-order valence-corrected chi connectivity index (χ0v) is 20.6. The van der Waals surface area contributed by atoms with E-state index in [2.05, 4.69) is 36.6 Å². The normalized spacial score (nSPS) is 11.9. The summed E-state index contributed by atoms with van der Waals surface area (Å²) < 4.78 is 5.35. The number of ether oxygens (including phenoxy) is 1. The summed E-state index contributed by atoms with van der Waals surface area (Å²) in [5, 5.41) is 14.7. The Morgan fingerprint density at radius 3 is 2.51 bits per heavy atom. The number of nitriles is 1. The van der Waals surface area contributed by atoms with E-state index in [-0.39, 0.29) is 29.9 Å². The first-order chi connectivity index (χ1) is 16.5. The molecule has 3 rings (SSSR count). The minimum absolute atomic E-state index is 0.130. The summed E-state index contributed by atoms with van der Waals surface area (Å²) in [6.07, 6.45) is 2.37. The van der Waals surface area contributed by atoms with Gasteiger partial charge in [0.2, 0.25) is 5.91 Å². The van der Waals surface area contributed by atoms with Crippen LogP contribution < -0.4 is 10.6 Å². The van der Waals surface area contributed by atoms with Gasteiger partial charge in [0.25, 0.3) is 0 Å². The number of nitrogens with zero attached hydrogens (tertiary/aromatic N) is 4. The summed E-state index contributed by atoms with van der Waals surface area (Å²) in [5.41, 5.74) is 2.25. The predicted molar refractivity (Wildman–Crippen MR) is 129 cm³/mol. The maximum Gasteiger partial charge on any atom is 0.408 e. The Morgan fingerprint density at radius 1 is 1.20 bits per heavy atom. The fourth-order valence-electron chi connectivity index (χ4n) is 3.05. The van der Waals surface area contributed by atoms with Crippen LogP contribution in [-0.4, -0.2) is 37.5 Å². The van der Waals surface area contributed by atoms with Crippen LogP contribution in [0.2, 0.25) is 5.15 Å². The maximum absolute atomic E-state index is 12.7. The molecule has 3 N–H and O–H groups in total. The van der Waals surface area contributed by atoms with E-state index in [0.717, 1.165) is 5.69 Å². The van der Waals surface area contributed by atoms with Crippen LogP contribution in [0.3, 0.4) is 0 Å². The van der Waals surface area contributed by atoms with E-state index >= 15 is 0 Å². The molecule has 0 spiro atoms. The fourth-order valence-corrected chi connectivity index (χ4v) is 3.30. The number of carbonyl (C=O) groups excluding carboxylic acids is 2. The van der Waals surface area contributed by atoms with Crippen LogP contribution in [0.4, 0.5) is 4.79 Å². The number of imidazole rings is 1. The lowest BCUT2D eigenvalue weighted by Gasteiger charge is -2.22. The van der Waals surface area contributed by atoms with Crippen molar-refractivity contribution in [2.24, 2.45) is 0 Å². The highest BCUT2D eigenvalue weighted by molar-refractivity contribution is 6.31. The molecule has 1 aromatic carbocycles. The van der Waals surface area contributed by atoms with Crippen molar-refractivity contribution in [1.82, 2.24) is 30.6 Å². The standard InChI is InChI=1S/C24H26ClN7O3/c1-14-11-28-17(12-27-14)13-29-19(33)9-18(30-23(34)35-24(2,3)4)22-31-20(21(25)32-22)16-7-5-15(10-26)6-8-16/h5-8,11-12,18H,9,13H2,1-4H3,(H,29,33)(H,30,34)(H,31,32)/t18-/m0/s1. The van der Waals surface area contributed by atoms with Gasteiger partial charge in [0.15, 0.2) is 0 Å². The highest BCUT2D eigenvalue weighted by Gasteiger charge is 2.26. The summed E-state index contributed by atoms with van der Waals surface area (Å²) in [6, 6.07) is 7.95. The Balaban J connectivity index is 1.79. The molecule has 2 aromatic heterocycles. The second-order valence-electron chi connectivity index (χ2n) is 8.80. The molecule has 10 nitrogen and oxygen atoms in total. The van der Waals surface area contributed by atoms with E-state index in [1.54, 1.807) is 57.4 Å². The van der Waals surface area contributed by atoms with Crippen molar-refractivity contribution in [3.05, 3.63) is 64.6 Å². The molecule has 182 valence electrons. The number of hydrogen-bond donors (Lipinski definition) is 3. The lowest BCUT2D eigenvalue weighted by atomic mass is 10.1. The van der Waals surface area contributed by atoms with Gasteiger partial charge in [0.1, 0.15) is 22.3 Å². The topological polar surface area (TPSA) is 146 Å². The van der Waals surface area contributed by atoms with Gasteiger partial charge in [-0.25, -0.2) is 9.78 Å². The van der Waals surface area contributed by atoms with Gasteiger partial charge < -0.3 is 20.4 Å². The van der Waals surface area contributed by atoms with Crippen LogP contribution in [0.15, 0.2) is 36.7 Å². The molecule has 0 unspecified atom stereocenters. The average molecular weight is 496 g/mol. The van der Waals surface area contributed by atoms with Gasteiger partial charge in [-0.3, -0.25) is 14.8 Å². The van der Waals surface area contributed by atoms with E-state index in [1.807, 2.05) is 6.92 Å². The van der Waals surface area contributed by atoms with E-state index in [0.29, 0.717) is 22.5 Å². The predicted octanol–water partition coefficient (Wildman–Crippen LogP) is 3.97. The van der Waals surface area contributed by atoms with Gasteiger partial charge in [0, 0.05) is 11.8 Å². The molecule has 35 heavy (non-hydrogen) atoms. The molecular formula is C24H26ClN7O3. The molecule has 0 aliphatic heterocycles. The molecule has 11 heteroatoms. The lowest BCUT2D eigenvalue weighted by molar-refractivity contribution is -0.121. The van der Waals surface area contributed by atoms with E-state index in [9.17, 15) is 9.59 Å². The van der Waals surface area contributed by atoms with Gasteiger partial charge in [0.05, 0.1) is 48.2 Å². The lowest BCUT2D eigenvalue weighted by Crippen LogP contribution is -2.37. The van der Waals surface area contributed by atoms with E-state index in [4.69, 9.17) is 21.6 Å². The Bertz CT molecular complexity index is 1230. The van der Waals surface area contributed by atoms with Crippen LogP contribution in [0, 0.1) is 18.3 Å². The van der Waals surface area contributed by atoms with Crippen LogP contribution >= 0.6 is 11.6 Å². The Hall–Kier alpha value is -3.97. The third-order valence-corrected chi connectivity index (χ3v) is 4.95. The molecule has 0 saturated carbocycles. The second-order valence-corrected chi connectivity index (χ2v) is 9.18. The van der Waals surface area contributed by atoms with Gasteiger partial charge in [-0.05, 0) is 39.8 Å². The van der Waals surface area contributed by atoms with Crippen molar-refractivity contribution in [1.29, 1.82) is 5.26 Å². The van der Waals surface area contributed by atoms with Crippen LogP contribution in [0.5, 0.6) is 0 Å². The Kier molecular flexibility index (Phi) is 8.04. The molecule has 0 radical (unpaired) electrons. The molecule has 3 aromatic rings. The zero-order chi connectivity index (χ0) is 25.6. The number of nitrogens with one attached hydrogen (secondary N) is 3. The third-order valence-electron chi connectivity index (χ3n) is 4.68. The number of carbonyl (C=O) groups is 2. The summed E-state index contributed by atoms with van der Waals surface area (Å²) in [4.78, 5) is 41.0.